The van der Waals surface area contributed by atoms with E-state index in [1.807, 2.05) is 6.07 Å². The van der Waals surface area contributed by atoms with Crippen LogP contribution in [0.4, 0.5) is 0 Å². The summed E-state index contributed by atoms with van der Waals surface area (Å²) in [5, 5.41) is 0. The average Bonchev–Trinajstić information content (AvgIpc) is 2.99. The van der Waals surface area contributed by atoms with Crippen LogP contribution in [0.2, 0.25) is 0 Å². The molecule has 1 rings (SSSR count). The predicted molar refractivity (Wildman–Crippen MR) is 191 cm³/mol. The normalized spacial score (nSPS) is 11.6. The maximum Gasteiger partial charge on any atom is 0.391 e. The van der Waals surface area contributed by atoms with E-state index in [2.05, 4.69) is 26.8 Å². The van der Waals surface area contributed by atoms with E-state index in [1.54, 1.807) is 0 Å². The van der Waals surface area contributed by atoms with Crippen molar-refractivity contribution in [3.63, 3.8) is 0 Å². The quantitative estimate of drug-likeness (QED) is 0.0622. The van der Waals surface area contributed by atoms with E-state index < -0.39 is 8.60 Å². The summed E-state index contributed by atoms with van der Waals surface area (Å²) in [6, 6.07) is 4.27. The SMILES string of the molecule is CCCCCCCCCCCc1ccc(OP(O)O)c(CCCCCCCCCCC)c1CCCCCCCCCCC. The molecule has 0 aliphatic carbocycles. The van der Waals surface area contributed by atoms with Crippen molar-refractivity contribution in [3.05, 3.63) is 28.8 Å². The highest BCUT2D eigenvalue weighted by Crippen LogP contribution is 2.37. The summed E-state index contributed by atoms with van der Waals surface area (Å²) in [4.78, 5) is 19.5. The number of benzene rings is 1. The molecule has 3 nitrogen and oxygen atoms in total. The van der Waals surface area contributed by atoms with E-state index in [4.69, 9.17) is 4.52 Å². The smallest absolute Gasteiger partial charge is 0.391 e. The van der Waals surface area contributed by atoms with Gasteiger partial charge >= 0.3 is 8.60 Å². The zero-order valence-electron chi connectivity index (χ0n) is 29.1. The summed E-state index contributed by atoms with van der Waals surface area (Å²) in [6.07, 6.45) is 39.4. The van der Waals surface area contributed by atoms with Gasteiger partial charge in [-0.05, 0) is 61.3 Å². The Morgan fingerprint density at radius 3 is 1.12 bits per heavy atom. The van der Waals surface area contributed by atoms with Gasteiger partial charge in [-0.1, -0.05) is 181 Å². The molecule has 0 atom stereocenters. The topological polar surface area (TPSA) is 49.7 Å². The van der Waals surface area contributed by atoms with Crippen LogP contribution in [0.15, 0.2) is 12.1 Å². The second kappa shape index (κ2) is 30.0. The number of hydrogen-bond acceptors (Lipinski definition) is 3. The van der Waals surface area contributed by atoms with E-state index in [0.29, 0.717) is 0 Å². The van der Waals surface area contributed by atoms with Gasteiger partial charge in [0.1, 0.15) is 5.75 Å². The Morgan fingerprint density at radius 2 is 0.744 bits per heavy atom. The first-order valence-electron chi connectivity index (χ1n) is 19.1. The van der Waals surface area contributed by atoms with Gasteiger partial charge in [0.25, 0.3) is 0 Å². The lowest BCUT2D eigenvalue weighted by Crippen LogP contribution is -2.05. The molecule has 0 aromatic heterocycles. The van der Waals surface area contributed by atoms with Crippen LogP contribution >= 0.6 is 8.60 Å². The van der Waals surface area contributed by atoms with E-state index in [0.717, 1.165) is 31.4 Å². The summed E-state index contributed by atoms with van der Waals surface area (Å²) in [7, 11) is -2.40. The number of rotatable bonds is 32. The lowest BCUT2D eigenvalue weighted by atomic mass is 9.89. The Kier molecular flexibility index (Phi) is 28.2. The van der Waals surface area contributed by atoms with Crippen LogP contribution in [0.25, 0.3) is 0 Å². The molecule has 252 valence electrons. The summed E-state index contributed by atoms with van der Waals surface area (Å²) in [5.41, 5.74) is 4.23. The molecule has 0 saturated heterocycles. The van der Waals surface area contributed by atoms with Crippen LogP contribution in [-0.2, 0) is 19.3 Å². The van der Waals surface area contributed by atoms with Gasteiger partial charge in [-0.2, -0.15) is 0 Å². The molecule has 0 fully saturated rings. The molecule has 1 aromatic rings. The Labute approximate surface area is 270 Å². The lowest BCUT2D eigenvalue weighted by molar-refractivity contribution is 0.372. The third kappa shape index (κ3) is 22.5. The average molecular weight is 621 g/mol. The van der Waals surface area contributed by atoms with Gasteiger partial charge in [0.05, 0.1) is 0 Å². The molecule has 0 bridgehead atoms. The first kappa shape index (κ1) is 40.4. The monoisotopic (exact) mass is 621 g/mol. The Hall–Kier alpha value is -0.630. The zero-order chi connectivity index (χ0) is 31.2. The van der Waals surface area contributed by atoms with Gasteiger partial charge in [-0.3, -0.25) is 0 Å². The molecular weight excluding hydrogens is 547 g/mol. The number of unbranched alkanes of at least 4 members (excludes halogenated alkanes) is 24. The first-order valence-corrected chi connectivity index (χ1v) is 20.3. The van der Waals surface area contributed by atoms with Crippen LogP contribution in [0.5, 0.6) is 5.75 Å². The molecule has 2 N–H and O–H groups in total. The van der Waals surface area contributed by atoms with Crippen molar-refractivity contribution in [1.29, 1.82) is 0 Å². The summed E-state index contributed by atoms with van der Waals surface area (Å²) in [6.45, 7) is 6.86. The molecule has 0 aliphatic rings. The fourth-order valence-electron chi connectivity index (χ4n) is 6.56. The molecule has 0 aliphatic heterocycles. The van der Waals surface area contributed by atoms with Gasteiger partial charge in [0.15, 0.2) is 0 Å². The maximum absolute atomic E-state index is 9.76. The van der Waals surface area contributed by atoms with Crippen molar-refractivity contribution in [2.24, 2.45) is 0 Å². The summed E-state index contributed by atoms with van der Waals surface area (Å²) >= 11 is 0. The van der Waals surface area contributed by atoms with E-state index in [-0.39, 0.29) is 0 Å². The van der Waals surface area contributed by atoms with Crippen molar-refractivity contribution < 1.29 is 14.3 Å². The van der Waals surface area contributed by atoms with E-state index in [1.165, 1.54) is 184 Å². The van der Waals surface area contributed by atoms with Crippen molar-refractivity contribution >= 4 is 8.60 Å². The third-order valence-electron chi connectivity index (χ3n) is 9.28. The highest BCUT2D eigenvalue weighted by molar-refractivity contribution is 7.39. The first-order chi connectivity index (χ1) is 21.1. The highest BCUT2D eigenvalue weighted by Gasteiger charge is 2.17. The van der Waals surface area contributed by atoms with Crippen molar-refractivity contribution in [2.75, 3.05) is 0 Å². The Bertz CT molecular complexity index is 735. The predicted octanol–water partition coefficient (Wildman–Crippen LogP) is 13.5. The number of aryl methyl sites for hydroxylation is 1. The number of hydrogen-bond donors (Lipinski definition) is 2. The largest absolute Gasteiger partial charge is 0.427 e. The second-order valence-corrected chi connectivity index (χ2v) is 13.9. The van der Waals surface area contributed by atoms with Crippen LogP contribution in [0.3, 0.4) is 0 Å². The highest BCUT2D eigenvalue weighted by atomic mass is 31.2. The molecule has 0 saturated carbocycles. The van der Waals surface area contributed by atoms with Gasteiger partial charge in [-0.15, -0.1) is 0 Å². The molecule has 0 radical (unpaired) electrons. The summed E-state index contributed by atoms with van der Waals surface area (Å²) in [5.74, 6) is 0.720. The molecule has 1 aromatic carbocycles. The van der Waals surface area contributed by atoms with Gasteiger partial charge in [0.2, 0.25) is 0 Å². The molecule has 0 unspecified atom stereocenters. The second-order valence-electron chi connectivity index (χ2n) is 13.3. The minimum absolute atomic E-state index is 0.720. The molecule has 0 heterocycles. The van der Waals surface area contributed by atoms with E-state index in [9.17, 15) is 9.79 Å². The Balaban J connectivity index is 2.74. The minimum Gasteiger partial charge on any atom is -0.427 e. The van der Waals surface area contributed by atoms with Gasteiger partial charge in [0, 0.05) is 0 Å². The standard InChI is InChI=1S/C39H73O3P/c1-4-7-10-13-16-19-22-25-28-31-36-34-35-39(42-43(40)41)38(33-30-27-24-21-18-15-12-9-6-3)37(36)32-29-26-23-20-17-14-11-8-5-2/h34-35,40-41H,4-33H2,1-3H3. The van der Waals surface area contributed by atoms with Crippen molar-refractivity contribution in [3.8, 4) is 5.75 Å². The van der Waals surface area contributed by atoms with Crippen molar-refractivity contribution in [1.82, 2.24) is 0 Å². The lowest BCUT2D eigenvalue weighted by Gasteiger charge is -2.20. The fourth-order valence-corrected chi connectivity index (χ4v) is 6.91. The molecule has 43 heavy (non-hydrogen) atoms. The molecule has 0 spiro atoms. The Morgan fingerprint density at radius 1 is 0.419 bits per heavy atom. The summed E-state index contributed by atoms with van der Waals surface area (Å²) < 4.78 is 5.64. The van der Waals surface area contributed by atoms with E-state index >= 15 is 0 Å². The van der Waals surface area contributed by atoms with Gasteiger partial charge in [-0.25, -0.2) is 0 Å². The van der Waals surface area contributed by atoms with Crippen molar-refractivity contribution in [2.45, 2.75) is 213 Å². The maximum atomic E-state index is 9.76. The van der Waals surface area contributed by atoms with Crippen LogP contribution in [0, 0.1) is 0 Å². The molecule has 0 amide bonds. The molecule has 4 heteroatoms. The minimum atomic E-state index is -2.40. The molecular formula is C39H73O3P. The van der Waals surface area contributed by atoms with Gasteiger partial charge < -0.3 is 14.3 Å². The zero-order valence-corrected chi connectivity index (χ0v) is 30.0. The van der Waals surface area contributed by atoms with Crippen LogP contribution in [-0.4, -0.2) is 9.79 Å². The third-order valence-corrected chi connectivity index (χ3v) is 9.64. The van der Waals surface area contributed by atoms with Crippen LogP contribution in [0.1, 0.15) is 211 Å². The van der Waals surface area contributed by atoms with Crippen LogP contribution < -0.4 is 4.52 Å². The fraction of sp³-hybridized carbons (Fsp3) is 0.846.